The maximum Gasteiger partial charge on any atom is 0.414 e. The van der Waals surface area contributed by atoms with Crippen molar-refractivity contribution in [1.82, 2.24) is 5.32 Å². The Kier molecular flexibility index (Phi) is 6.46. The molecular formula is C19H23FN3O5P. The predicted molar refractivity (Wildman–Crippen MR) is 107 cm³/mol. The number of benzene rings is 1. The number of carbonyl (C=O) groups is 2. The summed E-state index contributed by atoms with van der Waals surface area (Å²) in [5.41, 5.74) is 0.751. The highest BCUT2D eigenvalue weighted by Gasteiger charge is 2.34. The molecule has 2 fully saturated rings. The summed E-state index contributed by atoms with van der Waals surface area (Å²) < 4.78 is 37.8. The zero-order valence-electron chi connectivity index (χ0n) is 16.1. The van der Waals surface area contributed by atoms with Gasteiger partial charge < -0.3 is 19.5 Å². The van der Waals surface area contributed by atoms with E-state index in [0.29, 0.717) is 36.8 Å². The molecule has 29 heavy (non-hydrogen) atoms. The zero-order valence-corrected chi connectivity index (χ0v) is 17.0. The van der Waals surface area contributed by atoms with Crippen LogP contribution in [0.3, 0.4) is 0 Å². The van der Waals surface area contributed by atoms with Crippen molar-refractivity contribution in [3.05, 3.63) is 24.0 Å². The lowest BCUT2D eigenvalue weighted by atomic mass is 10.2. The minimum atomic E-state index is -2.76. The van der Waals surface area contributed by atoms with Crippen molar-refractivity contribution < 1.29 is 27.8 Å². The summed E-state index contributed by atoms with van der Waals surface area (Å²) in [6.45, 7) is 2.59. The van der Waals surface area contributed by atoms with Gasteiger partial charge in [-0.3, -0.25) is 14.3 Å². The average Bonchev–Trinajstić information content (AvgIpc) is 3.06. The SMILES string of the molecule is C#CCOP1(=O)CCN(c2ccc(N3C[C@H](CNC(C)=O)OC3=O)cc2F)CC1. The Morgan fingerprint density at radius 3 is 2.79 bits per heavy atom. The number of hydrogen-bond acceptors (Lipinski definition) is 6. The van der Waals surface area contributed by atoms with Crippen molar-refractivity contribution in [1.29, 1.82) is 0 Å². The summed E-state index contributed by atoms with van der Waals surface area (Å²) in [6.07, 6.45) is 4.68. The lowest BCUT2D eigenvalue weighted by Crippen LogP contribution is -2.36. The Hall–Kier alpha value is -2.56. The van der Waals surface area contributed by atoms with Gasteiger partial charge in [0.05, 0.1) is 24.5 Å². The van der Waals surface area contributed by atoms with Gasteiger partial charge in [0.15, 0.2) is 0 Å². The summed E-state index contributed by atoms with van der Waals surface area (Å²) in [6, 6.07) is 4.52. The number of anilines is 2. The Morgan fingerprint density at radius 1 is 1.45 bits per heavy atom. The second-order valence-electron chi connectivity index (χ2n) is 6.92. The minimum Gasteiger partial charge on any atom is -0.442 e. The van der Waals surface area contributed by atoms with Crippen LogP contribution in [0.25, 0.3) is 0 Å². The zero-order chi connectivity index (χ0) is 21.0. The average molecular weight is 423 g/mol. The van der Waals surface area contributed by atoms with Gasteiger partial charge in [0.2, 0.25) is 13.3 Å². The van der Waals surface area contributed by atoms with E-state index in [2.05, 4.69) is 11.2 Å². The molecule has 2 aliphatic heterocycles. The summed E-state index contributed by atoms with van der Waals surface area (Å²) in [4.78, 5) is 26.2. The number of carbonyl (C=O) groups excluding carboxylic acids is 2. The monoisotopic (exact) mass is 423 g/mol. The van der Waals surface area contributed by atoms with Crippen LogP contribution in [0.2, 0.25) is 0 Å². The number of halogens is 1. The molecule has 0 saturated carbocycles. The van der Waals surface area contributed by atoms with E-state index in [4.69, 9.17) is 15.7 Å². The molecule has 2 amide bonds. The van der Waals surface area contributed by atoms with E-state index in [-0.39, 0.29) is 25.6 Å². The van der Waals surface area contributed by atoms with Gasteiger partial charge in [0.1, 0.15) is 18.5 Å². The molecule has 2 heterocycles. The lowest BCUT2D eigenvalue weighted by molar-refractivity contribution is -0.119. The van der Waals surface area contributed by atoms with E-state index in [1.54, 1.807) is 17.0 Å². The van der Waals surface area contributed by atoms with Gasteiger partial charge in [-0.15, -0.1) is 6.42 Å². The molecule has 156 valence electrons. The molecule has 8 nitrogen and oxygen atoms in total. The number of rotatable bonds is 6. The van der Waals surface area contributed by atoms with Gasteiger partial charge in [-0.1, -0.05) is 5.92 Å². The highest BCUT2D eigenvalue weighted by atomic mass is 31.2. The quantitative estimate of drug-likeness (QED) is 0.557. The number of cyclic esters (lactones) is 1. The molecule has 1 atom stereocenters. The summed E-state index contributed by atoms with van der Waals surface area (Å²) in [7, 11) is -2.76. The number of nitrogens with zero attached hydrogens (tertiary/aromatic N) is 2. The van der Waals surface area contributed by atoms with Crippen molar-refractivity contribution in [2.75, 3.05) is 54.9 Å². The Balaban J connectivity index is 1.64. The first-order valence-corrected chi connectivity index (χ1v) is 11.2. The number of hydrogen-bond donors (Lipinski definition) is 1. The molecular weight excluding hydrogens is 400 g/mol. The maximum atomic E-state index is 14.8. The van der Waals surface area contributed by atoms with Crippen molar-refractivity contribution in [2.45, 2.75) is 13.0 Å². The van der Waals surface area contributed by atoms with Gasteiger partial charge in [-0.05, 0) is 18.2 Å². The maximum absolute atomic E-state index is 14.8. The molecule has 2 aliphatic rings. The molecule has 10 heteroatoms. The number of terminal acetylenes is 1. The van der Waals surface area contributed by atoms with Crippen LogP contribution in [0.4, 0.5) is 20.6 Å². The molecule has 0 aliphatic carbocycles. The van der Waals surface area contributed by atoms with Gasteiger partial charge in [0.25, 0.3) is 0 Å². The molecule has 0 unspecified atom stereocenters. The molecule has 2 saturated heterocycles. The molecule has 1 aromatic rings. The molecule has 3 rings (SSSR count). The summed E-state index contributed by atoms with van der Waals surface area (Å²) in [5, 5.41) is 2.60. The molecule has 0 aromatic heterocycles. The van der Waals surface area contributed by atoms with Gasteiger partial charge in [-0.25, -0.2) is 9.18 Å². The van der Waals surface area contributed by atoms with Crippen LogP contribution in [0.15, 0.2) is 18.2 Å². The van der Waals surface area contributed by atoms with E-state index in [1.165, 1.54) is 17.9 Å². The highest BCUT2D eigenvalue weighted by Crippen LogP contribution is 2.49. The fourth-order valence-corrected chi connectivity index (χ4v) is 5.19. The Bertz CT molecular complexity index is 875. The van der Waals surface area contributed by atoms with E-state index in [9.17, 15) is 18.5 Å². The van der Waals surface area contributed by atoms with Gasteiger partial charge >= 0.3 is 6.09 Å². The fraction of sp³-hybridized carbons (Fsp3) is 0.474. The highest BCUT2D eigenvalue weighted by molar-refractivity contribution is 7.59. The number of amides is 2. The largest absolute Gasteiger partial charge is 0.442 e. The van der Waals surface area contributed by atoms with Gasteiger partial charge in [0, 0.05) is 32.3 Å². The first-order chi connectivity index (χ1) is 13.8. The standard InChI is InChI=1S/C19H23FN3O5P/c1-3-8-27-29(26)9-6-22(7-10-29)18-5-4-15(11-17(18)20)23-13-16(28-19(23)25)12-21-14(2)24/h1,4-5,11,16H,6-10,12-13H2,2H3,(H,21,24)/t16-/m0/s1. The first-order valence-electron chi connectivity index (χ1n) is 9.24. The number of ether oxygens (including phenoxy) is 1. The molecule has 1 N–H and O–H groups in total. The summed E-state index contributed by atoms with van der Waals surface area (Å²) in [5.74, 6) is 1.61. The Morgan fingerprint density at radius 2 is 2.17 bits per heavy atom. The van der Waals surface area contributed by atoms with E-state index in [1.807, 2.05) is 0 Å². The van der Waals surface area contributed by atoms with Crippen LogP contribution in [0.1, 0.15) is 6.92 Å². The second-order valence-corrected chi connectivity index (χ2v) is 9.70. The van der Waals surface area contributed by atoms with Crippen LogP contribution in [-0.2, 0) is 18.6 Å². The van der Waals surface area contributed by atoms with Crippen molar-refractivity contribution in [3.63, 3.8) is 0 Å². The third-order valence-electron chi connectivity index (χ3n) is 4.84. The van der Waals surface area contributed by atoms with Crippen molar-refractivity contribution >= 4 is 30.7 Å². The van der Waals surface area contributed by atoms with Crippen LogP contribution >= 0.6 is 7.37 Å². The van der Waals surface area contributed by atoms with Crippen molar-refractivity contribution in [3.8, 4) is 12.3 Å². The molecule has 0 spiro atoms. The van der Waals surface area contributed by atoms with Crippen LogP contribution in [-0.4, -0.2) is 63.2 Å². The third-order valence-corrected chi connectivity index (χ3v) is 7.20. The second kappa shape index (κ2) is 8.85. The fourth-order valence-electron chi connectivity index (χ4n) is 3.31. The normalized spacial score (nSPS) is 20.9. The molecule has 1 aromatic carbocycles. The molecule has 0 radical (unpaired) electrons. The number of nitrogens with one attached hydrogen (secondary N) is 1. The van der Waals surface area contributed by atoms with Crippen LogP contribution < -0.4 is 15.1 Å². The van der Waals surface area contributed by atoms with Crippen molar-refractivity contribution in [2.24, 2.45) is 0 Å². The van der Waals surface area contributed by atoms with E-state index in [0.717, 1.165) is 0 Å². The first kappa shape index (κ1) is 21.2. The Labute approximate surface area is 168 Å². The summed E-state index contributed by atoms with van der Waals surface area (Å²) >= 11 is 0. The van der Waals surface area contributed by atoms with E-state index < -0.39 is 25.4 Å². The predicted octanol–water partition coefficient (Wildman–Crippen LogP) is 2.03. The van der Waals surface area contributed by atoms with Crippen LogP contribution in [0, 0.1) is 18.2 Å². The van der Waals surface area contributed by atoms with Gasteiger partial charge in [-0.2, -0.15) is 0 Å². The topological polar surface area (TPSA) is 88.2 Å². The molecule has 0 bridgehead atoms. The lowest BCUT2D eigenvalue weighted by Gasteiger charge is -2.33. The van der Waals surface area contributed by atoms with Crippen LogP contribution in [0.5, 0.6) is 0 Å². The van der Waals surface area contributed by atoms with E-state index >= 15 is 0 Å². The minimum absolute atomic E-state index is 0.00913. The third kappa shape index (κ3) is 5.08. The smallest absolute Gasteiger partial charge is 0.414 e.